The van der Waals surface area contributed by atoms with E-state index in [1.807, 2.05) is 0 Å². The number of rotatable bonds is 3. The van der Waals surface area contributed by atoms with E-state index in [4.69, 9.17) is 5.26 Å². The summed E-state index contributed by atoms with van der Waals surface area (Å²) in [6, 6.07) is 5.31. The van der Waals surface area contributed by atoms with Crippen molar-refractivity contribution in [2.45, 2.75) is 31.1 Å². The Morgan fingerprint density at radius 2 is 1.94 bits per heavy atom. The van der Waals surface area contributed by atoms with Crippen molar-refractivity contribution in [1.82, 2.24) is 5.32 Å². The molecule has 0 spiro atoms. The highest BCUT2D eigenvalue weighted by molar-refractivity contribution is 5.33. The number of halogens is 4. The molecule has 0 aliphatic heterocycles. The van der Waals surface area contributed by atoms with Gasteiger partial charge in [-0.2, -0.15) is 18.4 Å². The normalized spacial score (nSPS) is 17.3. The summed E-state index contributed by atoms with van der Waals surface area (Å²) in [7, 11) is 0. The highest BCUT2D eigenvalue weighted by atomic mass is 19.4. The van der Waals surface area contributed by atoms with Crippen molar-refractivity contribution >= 4 is 0 Å². The van der Waals surface area contributed by atoms with Gasteiger partial charge in [0.2, 0.25) is 0 Å². The molecule has 0 unspecified atom stereocenters. The van der Waals surface area contributed by atoms with Crippen LogP contribution in [0.3, 0.4) is 0 Å². The van der Waals surface area contributed by atoms with Crippen molar-refractivity contribution in [2.75, 3.05) is 0 Å². The minimum absolute atomic E-state index is 0.0386. The van der Waals surface area contributed by atoms with Gasteiger partial charge in [-0.05, 0) is 36.6 Å². The van der Waals surface area contributed by atoms with Crippen molar-refractivity contribution in [1.29, 1.82) is 5.26 Å². The molecule has 1 aromatic carbocycles. The molecule has 0 saturated heterocycles. The smallest absolute Gasteiger partial charge is 0.299 e. The van der Waals surface area contributed by atoms with Crippen molar-refractivity contribution in [3.8, 4) is 6.07 Å². The maximum Gasteiger partial charge on any atom is 0.406 e. The van der Waals surface area contributed by atoms with E-state index in [0.717, 1.165) is 12.1 Å². The molecule has 1 aromatic rings. The Bertz CT molecular complexity index is 498. The summed E-state index contributed by atoms with van der Waals surface area (Å²) in [6.07, 6.45) is -4.22. The summed E-state index contributed by atoms with van der Waals surface area (Å²) in [5.74, 6) is -0.622. The summed E-state index contributed by atoms with van der Waals surface area (Å²) in [5.41, 5.74) is -1.39. The van der Waals surface area contributed by atoms with Crippen LogP contribution >= 0.6 is 0 Å². The minimum Gasteiger partial charge on any atom is -0.299 e. The molecule has 1 aliphatic carbocycles. The van der Waals surface area contributed by atoms with Crippen LogP contribution in [0.15, 0.2) is 18.2 Å². The average molecular weight is 258 g/mol. The van der Waals surface area contributed by atoms with E-state index in [1.165, 1.54) is 6.07 Å². The number of hydrogen-bond acceptors (Lipinski definition) is 2. The summed E-state index contributed by atoms with van der Waals surface area (Å²) in [5, 5.41) is 11.0. The predicted octanol–water partition coefficient (Wildman–Crippen LogP) is 2.88. The van der Waals surface area contributed by atoms with Crippen LogP contribution in [-0.2, 0) is 6.54 Å². The molecule has 96 valence electrons. The third kappa shape index (κ3) is 2.46. The van der Waals surface area contributed by atoms with Crippen molar-refractivity contribution in [3.05, 3.63) is 35.1 Å². The van der Waals surface area contributed by atoms with Crippen LogP contribution in [0, 0.1) is 17.1 Å². The van der Waals surface area contributed by atoms with E-state index in [1.54, 1.807) is 6.07 Å². The monoisotopic (exact) mass is 258 g/mol. The van der Waals surface area contributed by atoms with Gasteiger partial charge >= 0.3 is 6.18 Å². The molecule has 1 fully saturated rings. The van der Waals surface area contributed by atoms with Crippen molar-refractivity contribution in [2.24, 2.45) is 0 Å². The maximum absolute atomic E-state index is 13.1. The number of nitrogens with one attached hydrogen (secondary N) is 1. The third-order valence-electron chi connectivity index (χ3n) is 3.01. The summed E-state index contributed by atoms with van der Waals surface area (Å²) < 4.78 is 51.0. The lowest BCUT2D eigenvalue weighted by atomic mass is 10.1. The van der Waals surface area contributed by atoms with E-state index < -0.39 is 17.5 Å². The number of alkyl halides is 3. The minimum atomic E-state index is -4.29. The molecule has 0 amide bonds. The van der Waals surface area contributed by atoms with E-state index >= 15 is 0 Å². The van der Waals surface area contributed by atoms with Crippen LogP contribution < -0.4 is 5.32 Å². The molecule has 2 nitrogen and oxygen atoms in total. The zero-order valence-electron chi connectivity index (χ0n) is 9.31. The molecule has 0 aromatic heterocycles. The van der Waals surface area contributed by atoms with Gasteiger partial charge in [0.25, 0.3) is 0 Å². The third-order valence-corrected chi connectivity index (χ3v) is 3.01. The average Bonchev–Trinajstić information content (AvgIpc) is 3.06. The van der Waals surface area contributed by atoms with Crippen molar-refractivity contribution in [3.63, 3.8) is 0 Å². The first kappa shape index (κ1) is 12.8. The Labute approximate surface area is 101 Å². The van der Waals surface area contributed by atoms with Gasteiger partial charge in [0.1, 0.15) is 11.4 Å². The number of nitrogens with zero attached hydrogens (tertiary/aromatic N) is 1. The molecule has 0 atom stereocenters. The van der Waals surface area contributed by atoms with E-state index in [0.29, 0.717) is 5.56 Å². The fourth-order valence-electron chi connectivity index (χ4n) is 1.77. The summed E-state index contributed by atoms with van der Waals surface area (Å²) in [4.78, 5) is 0. The molecule has 2 rings (SSSR count). The molecule has 1 saturated carbocycles. The van der Waals surface area contributed by atoms with E-state index in [-0.39, 0.29) is 24.9 Å². The van der Waals surface area contributed by atoms with Crippen LogP contribution in [-0.4, -0.2) is 11.7 Å². The van der Waals surface area contributed by atoms with Crippen LogP contribution in [0.4, 0.5) is 17.6 Å². The molecule has 1 N–H and O–H groups in total. The fraction of sp³-hybridized carbons (Fsp3) is 0.417. The highest BCUT2D eigenvalue weighted by Gasteiger charge is 2.62. The van der Waals surface area contributed by atoms with Crippen molar-refractivity contribution < 1.29 is 17.6 Å². The maximum atomic E-state index is 13.1. The van der Waals surface area contributed by atoms with Gasteiger partial charge in [0.15, 0.2) is 0 Å². The van der Waals surface area contributed by atoms with Gasteiger partial charge in [-0.15, -0.1) is 0 Å². The second kappa shape index (κ2) is 4.25. The Morgan fingerprint density at radius 1 is 1.28 bits per heavy atom. The lowest BCUT2D eigenvalue weighted by Gasteiger charge is -2.20. The number of benzene rings is 1. The number of hydrogen-bond donors (Lipinski definition) is 1. The van der Waals surface area contributed by atoms with Gasteiger partial charge in [-0.1, -0.05) is 0 Å². The Kier molecular flexibility index (Phi) is 3.03. The first-order valence-corrected chi connectivity index (χ1v) is 5.38. The van der Waals surface area contributed by atoms with Gasteiger partial charge in [-0.25, -0.2) is 4.39 Å². The SMILES string of the molecule is N#Cc1cc(F)cc(CNC2(C(F)(F)F)CC2)c1. The van der Waals surface area contributed by atoms with Crippen LogP contribution in [0.5, 0.6) is 0 Å². The zero-order chi connectivity index (χ0) is 13.4. The van der Waals surface area contributed by atoms with Gasteiger partial charge in [-0.3, -0.25) is 5.32 Å². The van der Waals surface area contributed by atoms with E-state index in [2.05, 4.69) is 5.32 Å². The summed E-state index contributed by atoms with van der Waals surface area (Å²) in [6.45, 7) is -0.105. The second-order valence-corrected chi connectivity index (χ2v) is 4.39. The zero-order valence-corrected chi connectivity index (χ0v) is 9.31. The fourth-order valence-corrected chi connectivity index (χ4v) is 1.77. The second-order valence-electron chi connectivity index (χ2n) is 4.39. The van der Waals surface area contributed by atoms with E-state index in [9.17, 15) is 17.6 Å². The predicted molar refractivity (Wildman–Crippen MR) is 56.0 cm³/mol. The first-order chi connectivity index (χ1) is 8.36. The largest absolute Gasteiger partial charge is 0.406 e. The molecule has 0 radical (unpaired) electrons. The molecule has 1 aliphatic rings. The molecular formula is C12H10F4N2. The molecule has 0 heterocycles. The topological polar surface area (TPSA) is 35.8 Å². The molecular weight excluding hydrogens is 248 g/mol. The molecule has 0 bridgehead atoms. The van der Waals surface area contributed by atoms with Gasteiger partial charge in [0, 0.05) is 6.54 Å². The lowest BCUT2D eigenvalue weighted by Crippen LogP contribution is -2.44. The Hall–Kier alpha value is -1.61. The Morgan fingerprint density at radius 3 is 2.44 bits per heavy atom. The quantitative estimate of drug-likeness (QED) is 0.846. The standard InChI is InChI=1S/C12H10F4N2/c13-10-4-8(6-17)3-9(5-10)7-18-11(1-2-11)12(14,15)16/h3-5,18H,1-2,7H2. The van der Waals surface area contributed by atoms with Gasteiger partial charge < -0.3 is 0 Å². The number of nitriles is 1. The molecule has 6 heteroatoms. The summed E-state index contributed by atoms with van der Waals surface area (Å²) >= 11 is 0. The Balaban J connectivity index is 2.08. The van der Waals surface area contributed by atoms with Crippen LogP contribution in [0.25, 0.3) is 0 Å². The van der Waals surface area contributed by atoms with Crippen LogP contribution in [0.1, 0.15) is 24.0 Å². The van der Waals surface area contributed by atoms with Crippen LogP contribution in [0.2, 0.25) is 0 Å². The highest BCUT2D eigenvalue weighted by Crippen LogP contribution is 2.49. The lowest BCUT2D eigenvalue weighted by molar-refractivity contribution is -0.166. The molecule has 18 heavy (non-hydrogen) atoms. The van der Waals surface area contributed by atoms with Gasteiger partial charge in [0.05, 0.1) is 11.6 Å². The first-order valence-electron chi connectivity index (χ1n) is 5.38.